The first-order chi connectivity index (χ1) is 11.5. The lowest BCUT2D eigenvalue weighted by molar-refractivity contribution is 0.143. The quantitative estimate of drug-likeness (QED) is 0.401. The van der Waals surface area contributed by atoms with E-state index in [1.807, 2.05) is 12.1 Å². The van der Waals surface area contributed by atoms with Crippen LogP contribution in [0.2, 0.25) is 0 Å². The van der Waals surface area contributed by atoms with Crippen LogP contribution < -0.4 is 15.4 Å². The van der Waals surface area contributed by atoms with Gasteiger partial charge >= 0.3 is 0 Å². The van der Waals surface area contributed by atoms with Gasteiger partial charge in [-0.1, -0.05) is 6.07 Å². The second kappa shape index (κ2) is 8.84. The summed E-state index contributed by atoms with van der Waals surface area (Å²) in [6.45, 7) is 1.38. The van der Waals surface area contributed by atoms with Crippen LogP contribution in [0.5, 0.6) is 5.88 Å². The number of nitrogens with zero attached hydrogens (tertiary/aromatic N) is 2. The van der Waals surface area contributed by atoms with Crippen LogP contribution in [0.1, 0.15) is 12.0 Å². The van der Waals surface area contributed by atoms with Crippen molar-refractivity contribution in [2.24, 2.45) is 4.99 Å². The SMILES string of the molecule is CN=C(NCc1cccnc1OCCOC)NC1CCS(=O)(=O)C1. The minimum Gasteiger partial charge on any atom is -0.475 e. The van der Waals surface area contributed by atoms with Crippen molar-refractivity contribution < 1.29 is 17.9 Å². The number of aliphatic imine (C=N–C) groups is 1. The molecule has 1 aliphatic rings. The van der Waals surface area contributed by atoms with Gasteiger partial charge in [-0.25, -0.2) is 13.4 Å². The van der Waals surface area contributed by atoms with Crippen molar-refractivity contribution in [2.75, 3.05) is 38.9 Å². The van der Waals surface area contributed by atoms with Crippen molar-refractivity contribution in [2.45, 2.75) is 19.0 Å². The van der Waals surface area contributed by atoms with E-state index in [0.29, 0.717) is 38.0 Å². The summed E-state index contributed by atoms with van der Waals surface area (Å²) in [5, 5.41) is 6.31. The molecule has 8 nitrogen and oxygen atoms in total. The average molecular weight is 356 g/mol. The van der Waals surface area contributed by atoms with Gasteiger partial charge in [0.05, 0.1) is 18.1 Å². The Bertz CT molecular complexity index is 663. The van der Waals surface area contributed by atoms with Gasteiger partial charge in [0.2, 0.25) is 5.88 Å². The lowest BCUT2D eigenvalue weighted by atomic mass is 10.2. The van der Waals surface area contributed by atoms with Gasteiger partial charge in [-0.15, -0.1) is 0 Å². The number of aromatic nitrogens is 1. The highest BCUT2D eigenvalue weighted by atomic mass is 32.2. The van der Waals surface area contributed by atoms with Gasteiger partial charge in [0.1, 0.15) is 6.61 Å². The van der Waals surface area contributed by atoms with E-state index in [4.69, 9.17) is 9.47 Å². The summed E-state index contributed by atoms with van der Waals surface area (Å²) in [4.78, 5) is 8.36. The molecule has 1 saturated heterocycles. The Morgan fingerprint density at radius 2 is 2.29 bits per heavy atom. The van der Waals surface area contributed by atoms with Gasteiger partial charge < -0.3 is 20.1 Å². The molecule has 1 aromatic heterocycles. The first kappa shape index (κ1) is 18.5. The summed E-state index contributed by atoms with van der Waals surface area (Å²) in [6.07, 6.45) is 2.27. The molecule has 1 fully saturated rings. The fraction of sp³-hybridized carbons (Fsp3) is 0.600. The second-order valence-electron chi connectivity index (χ2n) is 5.48. The van der Waals surface area contributed by atoms with Crippen LogP contribution in [0.15, 0.2) is 23.3 Å². The van der Waals surface area contributed by atoms with Gasteiger partial charge in [-0.05, 0) is 12.5 Å². The average Bonchev–Trinajstić information content (AvgIpc) is 2.91. The molecule has 2 heterocycles. The van der Waals surface area contributed by atoms with Crippen LogP contribution in [0, 0.1) is 0 Å². The molecule has 9 heteroatoms. The Hall–Kier alpha value is -1.87. The molecule has 1 atom stereocenters. The molecule has 2 rings (SSSR count). The van der Waals surface area contributed by atoms with Gasteiger partial charge in [-0.3, -0.25) is 4.99 Å². The third-order valence-electron chi connectivity index (χ3n) is 3.62. The molecule has 24 heavy (non-hydrogen) atoms. The van der Waals surface area contributed by atoms with Crippen molar-refractivity contribution in [1.82, 2.24) is 15.6 Å². The van der Waals surface area contributed by atoms with Crippen molar-refractivity contribution in [3.63, 3.8) is 0 Å². The fourth-order valence-corrected chi connectivity index (χ4v) is 4.06. The number of rotatable bonds is 7. The zero-order valence-electron chi connectivity index (χ0n) is 14.0. The zero-order valence-corrected chi connectivity index (χ0v) is 14.8. The lowest BCUT2D eigenvalue weighted by Crippen LogP contribution is -2.43. The maximum atomic E-state index is 11.5. The molecule has 1 aromatic rings. The molecule has 1 aliphatic heterocycles. The van der Waals surface area contributed by atoms with Gasteiger partial charge in [0.15, 0.2) is 15.8 Å². The number of hydrogen-bond donors (Lipinski definition) is 2. The summed E-state index contributed by atoms with van der Waals surface area (Å²) in [5.41, 5.74) is 0.885. The monoisotopic (exact) mass is 356 g/mol. The van der Waals surface area contributed by atoms with Crippen LogP contribution in [-0.2, 0) is 21.1 Å². The first-order valence-electron chi connectivity index (χ1n) is 7.77. The normalized spacial score (nSPS) is 19.9. The van der Waals surface area contributed by atoms with Crippen molar-refractivity contribution in [3.8, 4) is 5.88 Å². The largest absolute Gasteiger partial charge is 0.475 e. The van der Waals surface area contributed by atoms with E-state index in [-0.39, 0.29) is 17.5 Å². The Kier molecular flexibility index (Phi) is 6.80. The minimum absolute atomic E-state index is 0.104. The maximum Gasteiger partial charge on any atom is 0.218 e. The predicted molar refractivity (Wildman–Crippen MR) is 92.0 cm³/mol. The second-order valence-corrected chi connectivity index (χ2v) is 7.71. The molecule has 0 spiro atoms. The molecule has 0 aromatic carbocycles. The molecule has 134 valence electrons. The van der Waals surface area contributed by atoms with Gasteiger partial charge in [-0.2, -0.15) is 0 Å². The Labute approximate surface area is 142 Å². The summed E-state index contributed by atoms with van der Waals surface area (Å²) in [7, 11) is 0.342. The van der Waals surface area contributed by atoms with Crippen molar-refractivity contribution >= 4 is 15.8 Å². The Balaban J connectivity index is 1.89. The smallest absolute Gasteiger partial charge is 0.218 e. The Morgan fingerprint density at radius 1 is 1.46 bits per heavy atom. The number of methoxy groups -OCH3 is 1. The van der Waals surface area contributed by atoms with E-state index in [1.54, 1.807) is 20.4 Å². The number of hydrogen-bond acceptors (Lipinski definition) is 6. The highest BCUT2D eigenvalue weighted by molar-refractivity contribution is 7.91. The third kappa shape index (κ3) is 5.64. The van der Waals surface area contributed by atoms with Crippen LogP contribution in [0.3, 0.4) is 0 Å². The van der Waals surface area contributed by atoms with Gasteiger partial charge in [0.25, 0.3) is 0 Å². The minimum atomic E-state index is -2.92. The zero-order chi connectivity index (χ0) is 17.4. The molecule has 1 unspecified atom stereocenters. The predicted octanol–water partition coefficient (Wildman–Crippen LogP) is -0.0411. The molecule has 0 saturated carbocycles. The summed E-state index contributed by atoms with van der Waals surface area (Å²) < 4.78 is 33.6. The van der Waals surface area contributed by atoms with Crippen LogP contribution in [-0.4, -0.2) is 64.3 Å². The van der Waals surface area contributed by atoms with E-state index in [2.05, 4.69) is 20.6 Å². The van der Waals surface area contributed by atoms with Crippen molar-refractivity contribution in [3.05, 3.63) is 23.9 Å². The van der Waals surface area contributed by atoms with Crippen LogP contribution in [0.4, 0.5) is 0 Å². The number of guanidine groups is 1. The summed E-state index contributed by atoms with van der Waals surface area (Å²) in [6, 6.07) is 3.64. The third-order valence-corrected chi connectivity index (χ3v) is 5.39. The lowest BCUT2D eigenvalue weighted by Gasteiger charge is -2.17. The van der Waals surface area contributed by atoms with E-state index >= 15 is 0 Å². The molecular weight excluding hydrogens is 332 g/mol. The number of pyridine rings is 1. The van der Waals surface area contributed by atoms with E-state index in [1.165, 1.54) is 0 Å². The number of ether oxygens (including phenoxy) is 2. The standard InChI is InChI=1S/C15H24N4O4S/c1-16-15(19-13-5-9-24(20,21)11-13)18-10-12-4-3-6-17-14(12)23-8-7-22-2/h3-4,6,13H,5,7-11H2,1-2H3,(H2,16,18,19). The van der Waals surface area contributed by atoms with Crippen LogP contribution in [0.25, 0.3) is 0 Å². The van der Waals surface area contributed by atoms with E-state index in [9.17, 15) is 8.42 Å². The maximum absolute atomic E-state index is 11.5. The molecule has 2 N–H and O–H groups in total. The topological polar surface area (TPSA) is 102 Å². The highest BCUT2D eigenvalue weighted by Gasteiger charge is 2.28. The first-order valence-corrected chi connectivity index (χ1v) is 9.59. The summed E-state index contributed by atoms with van der Waals surface area (Å²) >= 11 is 0. The van der Waals surface area contributed by atoms with E-state index in [0.717, 1.165) is 5.56 Å². The van der Waals surface area contributed by atoms with Gasteiger partial charge in [0, 0.05) is 38.5 Å². The molecular formula is C15H24N4O4S. The highest BCUT2D eigenvalue weighted by Crippen LogP contribution is 2.14. The number of sulfone groups is 1. The van der Waals surface area contributed by atoms with Crippen molar-refractivity contribution in [1.29, 1.82) is 0 Å². The molecule has 0 amide bonds. The summed E-state index contributed by atoms with van der Waals surface area (Å²) in [5.74, 6) is 1.47. The molecule has 0 bridgehead atoms. The molecule has 0 aliphatic carbocycles. The molecule has 0 radical (unpaired) electrons. The fourth-order valence-electron chi connectivity index (χ4n) is 2.39. The Morgan fingerprint density at radius 3 is 2.96 bits per heavy atom. The van der Waals surface area contributed by atoms with Crippen LogP contribution >= 0.6 is 0 Å². The van der Waals surface area contributed by atoms with E-state index < -0.39 is 9.84 Å². The number of nitrogens with one attached hydrogen (secondary N) is 2.